The molecule has 184 valence electrons. The summed E-state index contributed by atoms with van der Waals surface area (Å²) in [6, 6.07) is 1.35. The maximum atomic E-state index is 11.9. The highest BCUT2D eigenvalue weighted by molar-refractivity contribution is 7.71. The lowest BCUT2D eigenvalue weighted by molar-refractivity contribution is -0.386. The highest BCUT2D eigenvalue weighted by Crippen LogP contribution is 2.27. The van der Waals surface area contributed by atoms with Crippen molar-refractivity contribution in [1.82, 2.24) is 34.7 Å². The van der Waals surface area contributed by atoms with Crippen LogP contribution in [0.25, 0.3) is 11.5 Å². The third-order valence-electron chi connectivity index (χ3n) is 4.80. The Kier molecular flexibility index (Phi) is 6.51. The fourth-order valence-corrected chi connectivity index (χ4v) is 3.20. The lowest BCUT2D eigenvalue weighted by Crippen LogP contribution is -2.35. The van der Waals surface area contributed by atoms with Crippen LogP contribution in [0.5, 0.6) is 0 Å². The number of aromatic nitrogens is 7. The summed E-state index contributed by atoms with van der Waals surface area (Å²) in [5.74, 6) is 0.0308. The third-order valence-corrected chi connectivity index (χ3v) is 4.97. The van der Waals surface area contributed by atoms with Crippen molar-refractivity contribution in [2.75, 3.05) is 0 Å². The van der Waals surface area contributed by atoms with E-state index in [4.69, 9.17) is 21.1 Å². The van der Waals surface area contributed by atoms with E-state index in [0.717, 1.165) is 15.4 Å². The van der Waals surface area contributed by atoms with E-state index >= 15 is 0 Å². The first-order valence-corrected chi connectivity index (χ1v) is 10.1. The Morgan fingerprint density at radius 1 is 1.26 bits per heavy atom. The fraction of sp³-hybridized carbons (Fsp3) is 0.294. The zero-order valence-corrected chi connectivity index (χ0v) is 18.2. The van der Waals surface area contributed by atoms with Crippen molar-refractivity contribution in [3.8, 4) is 11.5 Å². The molecule has 18 heteroatoms. The van der Waals surface area contributed by atoms with Crippen LogP contribution in [-0.2, 0) is 13.1 Å². The fourth-order valence-electron chi connectivity index (χ4n) is 3.07. The van der Waals surface area contributed by atoms with E-state index in [2.05, 4.69) is 20.5 Å². The molecule has 5 N–H and O–H groups in total. The molecule has 4 heterocycles. The van der Waals surface area contributed by atoms with Crippen molar-refractivity contribution in [2.24, 2.45) is 0 Å². The first-order chi connectivity index (χ1) is 16.6. The zero-order valence-electron chi connectivity index (χ0n) is 17.3. The summed E-state index contributed by atoms with van der Waals surface area (Å²) in [6.07, 6.45) is -1.54. The van der Waals surface area contributed by atoms with E-state index in [1.165, 1.54) is 18.5 Å². The van der Waals surface area contributed by atoms with Gasteiger partial charge in [0, 0.05) is 0 Å². The number of furan rings is 1. The van der Waals surface area contributed by atoms with Gasteiger partial charge in [0.05, 0.1) is 36.0 Å². The topological polar surface area (TPSA) is 244 Å². The van der Waals surface area contributed by atoms with Gasteiger partial charge in [-0.2, -0.15) is 0 Å². The average molecular weight is 508 g/mol. The second-order valence-electron chi connectivity index (χ2n) is 7.25. The number of nitrogens with zero attached hydrogens (tertiary/aromatic N) is 6. The van der Waals surface area contributed by atoms with Crippen LogP contribution in [0.15, 0.2) is 43.1 Å². The quantitative estimate of drug-likeness (QED) is 0.102. The Labute approximate surface area is 197 Å². The average Bonchev–Trinajstić information content (AvgIpc) is 3.55. The highest BCUT2D eigenvalue weighted by atomic mass is 32.1. The number of hydrogen-bond donors (Lipinski definition) is 5. The first kappa shape index (κ1) is 23.9. The molecular formula is C17H16N8O9S. The molecule has 4 rings (SSSR count). The largest absolute Gasteiger partial charge is 0.466 e. The molecule has 0 spiro atoms. The second-order valence-corrected chi connectivity index (χ2v) is 7.62. The normalized spacial score (nSPS) is 14.0. The summed E-state index contributed by atoms with van der Waals surface area (Å²) in [5.41, 5.74) is -2.35. The van der Waals surface area contributed by atoms with Crippen molar-refractivity contribution in [3.05, 3.63) is 72.0 Å². The van der Waals surface area contributed by atoms with Crippen LogP contribution >= 0.6 is 12.2 Å². The molecule has 0 fully saturated rings. The predicted octanol–water partition coefficient (Wildman–Crippen LogP) is -1.15. The van der Waals surface area contributed by atoms with Gasteiger partial charge in [-0.15, -0.1) is 10.2 Å². The van der Waals surface area contributed by atoms with Gasteiger partial charge in [-0.3, -0.25) is 24.5 Å². The maximum Gasteiger partial charge on any atom is 0.350 e. The molecule has 3 atom stereocenters. The van der Waals surface area contributed by atoms with Gasteiger partial charge < -0.3 is 24.2 Å². The Hall–Kier alpha value is -4.26. The minimum Gasteiger partial charge on any atom is -0.466 e. The van der Waals surface area contributed by atoms with Crippen LogP contribution in [0, 0.1) is 15.0 Å². The van der Waals surface area contributed by atoms with E-state index in [1.54, 1.807) is 0 Å². The van der Waals surface area contributed by atoms with Crippen molar-refractivity contribution in [2.45, 2.75) is 31.4 Å². The molecule has 0 bridgehead atoms. The van der Waals surface area contributed by atoms with E-state index in [-0.39, 0.29) is 35.3 Å². The monoisotopic (exact) mass is 508 g/mol. The summed E-state index contributed by atoms with van der Waals surface area (Å²) in [7, 11) is 0. The minimum absolute atomic E-state index is 0.0367. The highest BCUT2D eigenvalue weighted by Gasteiger charge is 2.29. The number of aliphatic hydroxyl groups excluding tert-OH is 3. The SMILES string of the molecule is O=c1[nH]c(=O)n(Cc2cn(C[C@@H](O)[C@@H](O)[C@H](O)c3cc(-c4n[nH]c(=S)o4)co3)nn2)cc1[N+](=O)[O-]. The standard InChI is InChI=1S/C17H16N8O9S/c26-10(12(27)13(28)11-1-7(6-33-11)15-20-21-17(35)34-15)5-24-3-8(19-22-24)2-23-4-9(25(31)32)14(29)18-16(23)30/h1,3-4,6,10,12-13,26-28H,2,5H2,(H,21,35)(H,18,29,30)/t10-,12-,13-/m1/s1. The van der Waals surface area contributed by atoms with Crippen molar-refractivity contribution in [1.29, 1.82) is 0 Å². The third kappa shape index (κ3) is 5.14. The van der Waals surface area contributed by atoms with Crippen LogP contribution < -0.4 is 11.2 Å². The van der Waals surface area contributed by atoms with Gasteiger partial charge >= 0.3 is 16.9 Å². The molecule has 35 heavy (non-hydrogen) atoms. The number of aliphatic hydroxyl groups is 3. The van der Waals surface area contributed by atoms with Gasteiger partial charge in [0.15, 0.2) is 0 Å². The molecular weight excluding hydrogens is 492 g/mol. The van der Waals surface area contributed by atoms with Gasteiger partial charge in [-0.25, -0.2) is 14.6 Å². The van der Waals surface area contributed by atoms with Gasteiger partial charge in [-0.05, 0) is 18.3 Å². The summed E-state index contributed by atoms with van der Waals surface area (Å²) in [4.78, 5) is 35.2. The molecule has 0 amide bonds. The minimum atomic E-state index is -1.70. The van der Waals surface area contributed by atoms with Crippen LogP contribution in [0.4, 0.5) is 5.69 Å². The van der Waals surface area contributed by atoms with Crippen LogP contribution in [0.1, 0.15) is 17.6 Å². The number of rotatable bonds is 9. The lowest BCUT2D eigenvalue weighted by atomic mass is 10.1. The number of hydrogen-bond acceptors (Lipinski definition) is 13. The lowest BCUT2D eigenvalue weighted by Gasteiger charge is -2.21. The zero-order chi connectivity index (χ0) is 25.3. The van der Waals surface area contributed by atoms with Crippen LogP contribution in [0.3, 0.4) is 0 Å². The first-order valence-electron chi connectivity index (χ1n) is 9.68. The number of H-pyrrole nitrogens is 2. The molecule has 0 aliphatic heterocycles. The Morgan fingerprint density at radius 2 is 2.03 bits per heavy atom. The maximum absolute atomic E-state index is 11.9. The Balaban J connectivity index is 1.42. The van der Waals surface area contributed by atoms with Crippen molar-refractivity contribution < 1.29 is 29.1 Å². The molecule has 0 saturated heterocycles. The summed E-state index contributed by atoms with van der Waals surface area (Å²) in [5, 5.41) is 55.8. The molecule has 0 aromatic carbocycles. The molecule has 0 unspecified atom stereocenters. The number of nitro groups is 1. The van der Waals surface area contributed by atoms with E-state index in [9.17, 15) is 35.0 Å². The van der Waals surface area contributed by atoms with Crippen molar-refractivity contribution >= 4 is 17.9 Å². The molecule has 4 aromatic heterocycles. The van der Waals surface area contributed by atoms with Gasteiger partial charge in [0.2, 0.25) is 5.89 Å². The molecule has 0 saturated carbocycles. The smallest absolute Gasteiger partial charge is 0.350 e. The van der Waals surface area contributed by atoms with E-state index in [1.807, 2.05) is 4.98 Å². The summed E-state index contributed by atoms with van der Waals surface area (Å²) >= 11 is 4.79. The van der Waals surface area contributed by atoms with Gasteiger partial charge in [-0.1, -0.05) is 5.21 Å². The summed E-state index contributed by atoms with van der Waals surface area (Å²) in [6.45, 7) is -0.579. The second kappa shape index (κ2) is 9.54. The van der Waals surface area contributed by atoms with Crippen LogP contribution in [0.2, 0.25) is 0 Å². The predicted molar refractivity (Wildman–Crippen MR) is 113 cm³/mol. The molecule has 17 nitrogen and oxygen atoms in total. The van der Waals surface area contributed by atoms with Gasteiger partial charge in [0.1, 0.15) is 36.0 Å². The molecule has 0 aliphatic rings. The molecule has 0 radical (unpaired) electrons. The molecule has 0 aliphatic carbocycles. The van der Waals surface area contributed by atoms with Crippen LogP contribution in [-0.4, -0.2) is 67.2 Å². The molecule has 4 aromatic rings. The van der Waals surface area contributed by atoms with E-state index < -0.39 is 40.2 Å². The van der Waals surface area contributed by atoms with Crippen molar-refractivity contribution in [3.63, 3.8) is 0 Å². The number of nitrogens with one attached hydrogen (secondary N) is 2. The number of aromatic amines is 2. The Morgan fingerprint density at radius 3 is 2.71 bits per heavy atom. The Bertz CT molecular complexity index is 1530. The van der Waals surface area contributed by atoms with Gasteiger partial charge in [0.25, 0.3) is 4.84 Å². The van der Waals surface area contributed by atoms with E-state index in [0.29, 0.717) is 5.56 Å². The summed E-state index contributed by atoms with van der Waals surface area (Å²) < 4.78 is 12.3.